The van der Waals surface area contributed by atoms with E-state index in [4.69, 9.17) is 9.26 Å². The van der Waals surface area contributed by atoms with Crippen LogP contribution in [0.25, 0.3) is 22.6 Å². The molecule has 1 amide bonds. The van der Waals surface area contributed by atoms with E-state index in [1.807, 2.05) is 56.8 Å². The number of carbonyl (C=O) groups is 1. The van der Waals surface area contributed by atoms with Crippen molar-refractivity contribution in [1.82, 2.24) is 30.1 Å². The average molecular weight is 439 g/mol. The maximum absolute atomic E-state index is 12.5. The molecular formula is C23H30N6O3. The Balaban J connectivity index is 1.45. The first-order chi connectivity index (χ1) is 15.4. The molecule has 0 radical (unpaired) electrons. The summed E-state index contributed by atoms with van der Waals surface area (Å²) in [5.41, 5.74) is 4.41. The molecule has 1 saturated heterocycles. The van der Waals surface area contributed by atoms with Gasteiger partial charge in [-0.2, -0.15) is 5.10 Å². The van der Waals surface area contributed by atoms with E-state index < -0.39 is 0 Å². The molecule has 2 atom stereocenters. The normalized spacial score (nSPS) is 19.2. The zero-order valence-electron chi connectivity index (χ0n) is 19.0. The van der Waals surface area contributed by atoms with E-state index in [0.29, 0.717) is 25.4 Å². The van der Waals surface area contributed by atoms with Crippen molar-refractivity contribution in [3.8, 4) is 22.6 Å². The number of morpholine rings is 1. The molecule has 1 aliphatic rings. The Morgan fingerprint density at radius 3 is 2.59 bits per heavy atom. The maximum atomic E-state index is 12.5. The highest BCUT2D eigenvalue weighted by Gasteiger charge is 2.24. The van der Waals surface area contributed by atoms with Crippen molar-refractivity contribution in [3.63, 3.8) is 0 Å². The lowest BCUT2D eigenvalue weighted by Gasteiger charge is -2.34. The Morgan fingerprint density at radius 1 is 1.16 bits per heavy atom. The number of hydrogen-bond acceptors (Lipinski definition) is 7. The van der Waals surface area contributed by atoms with Gasteiger partial charge in [-0.05, 0) is 39.8 Å². The number of carbonyl (C=O) groups excluding carboxylic acids is 1. The summed E-state index contributed by atoms with van der Waals surface area (Å²) >= 11 is 0. The number of ether oxygens (including phenoxy) is 1. The van der Waals surface area contributed by atoms with Gasteiger partial charge in [0.05, 0.1) is 48.4 Å². The van der Waals surface area contributed by atoms with Crippen molar-refractivity contribution in [2.24, 2.45) is 0 Å². The minimum absolute atomic E-state index is 0.00286. The summed E-state index contributed by atoms with van der Waals surface area (Å²) < 4.78 is 13.1. The minimum atomic E-state index is 0.00286. The first kappa shape index (κ1) is 22.2. The van der Waals surface area contributed by atoms with Crippen molar-refractivity contribution in [2.75, 3.05) is 26.2 Å². The summed E-state index contributed by atoms with van der Waals surface area (Å²) in [6.45, 7) is 10.8. The molecule has 3 aromatic rings. The molecule has 32 heavy (non-hydrogen) atoms. The number of hydrogen-bond donors (Lipinski definition) is 1. The smallest absolute Gasteiger partial charge is 0.234 e. The molecule has 0 aromatic carbocycles. The molecule has 4 rings (SSSR count). The summed E-state index contributed by atoms with van der Waals surface area (Å²) in [6, 6.07) is 5.87. The maximum Gasteiger partial charge on any atom is 0.234 e. The number of pyridine rings is 1. The van der Waals surface area contributed by atoms with Gasteiger partial charge >= 0.3 is 0 Å². The van der Waals surface area contributed by atoms with Gasteiger partial charge in [0.1, 0.15) is 0 Å². The van der Waals surface area contributed by atoms with E-state index >= 15 is 0 Å². The number of rotatable bonds is 7. The molecule has 170 valence electrons. The molecule has 0 unspecified atom stereocenters. The molecule has 0 saturated carbocycles. The Morgan fingerprint density at radius 2 is 1.94 bits per heavy atom. The molecule has 9 nitrogen and oxygen atoms in total. The van der Waals surface area contributed by atoms with Gasteiger partial charge in [0.2, 0.25) is 5.91 Å². The van der Waals surface area contributed by atoms with Crippen molar-refractivity contribution in [3.05, 3.63) is 42.0 Å². The largest absolute Gasteiger partial charge is 0.373 e. The summed E-state index contributed by atoms with van der Waals surface area (Å²) in [7, 11) is 0. The molecule has 0 spiro atoms. The standard InChI is InChI=1S/C23H30N6O3/c1-15-5-6-19(10-25-15)23-20(21-9-16(2)27-32-21)11-26-29(23)8-7-24-22(30)14-28-12-17(3)31-18(4)13-28/h5-6,9-11,17-18H,7-8,12-14H2,1-4H3,(H,24,30)/t17-,18-/m0/s1. The lowest BCUT2D eigenvalue weighted by molar-refractivity contribution is -0.126. The number of nitrogens with one attached hydrogen (secondary N) is 1. The first-order valence-corrected chi connectivity index (χ1v) is 11.0. The molecule has 4 heterocycles. The Hall–Kier alpha value is -3.04. The zero-order valence-corrected chi connectivity index (χ0v) is 19.0. The van der Waals surface area contributed by atoms with E-state index in [1.165, 1.54) is 0 Å². The molecule has 3 aromatic heterocycles. The van der Waals surface area contributed by atoms with Crippen LogP contribution in [0.4, 0.5) is 0 Å². The highest BCUT2D eigenvalue weighted by atomic mass is 16.5. The second-order valence-corrected chi connectivity index (χ2v) is 8.45. The third kappa shape index (κ3) is 5.23. The highest BCUT2D eigenvalue weighted by Crippen LogP contribution is 2.32. The third-order valence-corrected chi connectivity index (χ3v) is 5.43. The monoisotopic (exact) mass is 438 g/mol. The van der Waals surface area contributed by atoms with Crippen LogP contribution < -0.4 is 5.32 Å². The SMILES string of the molecule is Cc1ccc(-c2c(-c3cc(C)no3)cnn2CCNC(=O)CN2C[C@H](C)O[C@@H](C)C2)cn1. The van der Waals surface area contributed by atoms with Crippen LogP contribution in [-0.4, -0.2) is 69.1 Å². The van der Waals surface area contributed by atoms with E-state index in [1.54, 1.807) is 6.20 Å². The quantitative estimate of drug-likeness (QED) is 0.605. The van der Waals surface area contributed by atoms with E-state index in [2.05, 4.69) is 25.5 Å². The Bertz CT molecular complexity index is 1050. The second kappa shape index (κ2) is 9.62. The van der Waals surface area contributed by atoms with Crippen LogP contribution in [0.5, 0.6) is 0 Å². The van der Waals surface area contributed by atoms with Crippen LogP contribution in [0.1, 0.15) is 25.2 Å². The Labute approximate surface area is 187 Å². The lowest BCUT2D eigenvalue weighted by Crippen LogP contribution is -2.49. The van der Waals surface area contributed by atoms with Gasteiger partial charge in [-0.25, -0.2) is 0 Å². The van der Waals surface area contributed by atoms with Crippen molar-refractivity contribution < 1.29 is 14.1 Å². The fraction of sp³-hybridized carbons (Fsp3) is 0.478. The average Bonchev–Trinajstić information content (AvgIpc) is 3.34. The number of aromatic nitrogens is 4. The van der Waals surface area contributed by atoms with Gasteiger partial charge in [0, 0.05) is 43.2 Å². The minimum Gasteiger partial charge on any atom is -0.373 e. The number of nitrogens with zero attached hydrogens (tertiary/aromatic N) is 5. The highest BCUT2D eigenvalue weighted by molar-refractivity contribution is 5.79. The summed E-state index contributed by atoms with van der Waals surface area (Å²) in [5, 5.41) is 11.6. The van der Waals surface area contributed by atoms with Gasteiger partial charge in [-0.3, -0.25) is 19.4 Å². The van der Waals surface area contributed by atoms with E-state index in [9.17, 15) is 4.79 Å². The van der Waals surface area contributed by atoms with Crippen molar-refractivity contribution in [1.29, 1.82) is 0 Å². The predicted molar refractivity (Wildman–Crippen MR) is 120 cm³/mol. The predicted octanol–water partition coefficient (Wildman–Crippen LogP) is 2.44. The van der Waals surface area contributed by atoms with Crippen LogP contribution in [-0.2, 0) is 16.1 Å². The summed E-state index contributed by atoms with van der Waals surface area (Å²) in [6.07, 6.45) is 3.88. The van der Waals surface area contributed by atoms with Crippen LogP contribution in [0.2, 0.25) is 0 Å². The van der Waals surface area contributed by atoms with Gasteiger partial charge < -0.3 is 14.6 Å². The van der Waals surface area contributed by atoms with Crippen molar-refractivity contribution >= 4 is 5.91 Å². The summed E-state index contributed by atoms with van der Waals surface area (Å²) in [5.74, 6) is 0.659. The zero-order chi connectivity index (χ0) is 22.7. The molecule has 1 fully saturated rings. The molecule has 1 N–H and O–H groups in total. The second-order valence-electron chi connectivity index (χ2n) is 8.45. The first-order valence-electron chi connectivity index (χ1n) is 11.0. The van der Waals surface area contributed by atoms with E-state index in [0.717, 1.165) is 41.3 Å². The van der Waals surface area contributed by atoms with Gasteiger partial charge in [0.25, 0.3) is 0 Å². The number of aryl methyl sites for hydroxylation is 2. The lowest BCUT2D eigenvalue weighted by atomic mass is 10.1. The molecule has 0 aliphatic carbocycles. The fourth-order valence-electron chi connectivity index (χ4n) is 4.11. The van der Waals surface area contributed by atoms with E-state index in [-0.39, 0.29) is 18.1 Å². The molecule has 1 aliphatic heterocycles. The molecular weight excluding hydrogens is 408 g/mol. The number of amides is 1. The van der Waals surface area contributed by atoms with Crippen LogP contribution in [0.3, 0.4) is 0 Å². The Kier molecular flexibility index (Phi) is 6.66. The third-order valence-electron chi connectivity index (χ3n) is 5.43. The fourth-order valence-corrected chi connectivity index (χ4v) is 4.11. The topological polar surface area (TPSA) is 98.3 Å². The van der Waals surface area contributed by atoms with Gasteiger partial charge in [0.15, 0.2) is 5.76 Å². The van der Waals surface area contributed by atoms with Gasteiger partial charge in [-0.15, -0.1) is 0 Å². The summed E-state index contributed by atoms with van der Waals surface area (Å²) in [4.78, 5) is 19.0. The van der Waals surface area contributed by atoms with Crippen LogP contribution in [0, 0.1) is 13.8 Å². The van der Waals surface area contributed by atoms with Crippen LogP contribution >= 0.6 is 0 Å². The molecule has 9 heteroatoms. The van der Waals surface area contributed by atoms with Gasteiger partial charge in [-0.1, -0.05) is 5.16 Å². The molecule has 0 bridgehead atoms. The van der Waals surface area contributed by atoms with Crippen molar-refractivity contribution in [2.45, 2.75) is 46.4 Å². The van der Waals surface area contributed by atoms with Crippen LogP contribution in [0.15, 0.2) is 35.1 Å².